The average molecular weight is 334 g/mol. The Hall–Kier alpha value is -2.49. The molecule has 3 aliphatic carbocycles. The van der Waals surface area contributed by atoms with Crippen molar-refractivity contribution in [3.05, 3.63) is 57.9 Å². The molecule has 1 heterocycles. The Kier molecular flexibility index (Phi) is 2.59. The Morgan fingerprint density at radius 1 is 1.12 bits per heavy atom. The van der Waals surface area contributed by atoms with Crippen molar-refractivity contribution in [1.29, 1.82) is 0 Å². The number of carbonyl (C=O) groups excluding carboxylic acids is 3. The molecular weight excluding hydrogens is 316 g/mol. The molecular formula is C21H18O4. The van der Waals surface area contributed by atoms with E-state index in [1.54, 1.807) is 6.92 Å². The molecule has 0 saturated heterocycles. The highest BCUT2D eigenvalue weighted by molar-refractivity contribution is 6.20. The Bertz CT molecular complexity index is 958. The van der Waals surface area contributed by atoms with Gasteiger partial charge in [-0.3, -0.25) is 14.4 Å². The molecule has 126 valence electrons. The molecule has 2 spiro atoms. The van der Waals surface area contributed by atoms with Crippen LogP contribution in [0.25, 0.3) is 0 Å². The summed E-state index contributed by atoms with van der Waals surface area (Å²) in [5, 5.41) is 0. The summed E-state index contributed by atoms with van der Waals surface area (Å²) in [5.41, 5.74) is 2.46. The minimum Gasteiger partial charge on any atom is -0.430 e. The van der Waals surface area contributed by atoms with Gasteiger partial charge < -0.3 is 4.74 Å². The first kappa shape index (κ1) is 14.8. The van der Waals surface area contributed by atoms with Gasteiger partial charge in [-0.1, -0.05) is 29.8 Å². The van der Waals surface area contributed by atoms with Crippen molar-refractivity contribution in [3.8, 4) is 0 Å². The minimum absolute atomic E-state index is 0.106. The molecule has 25 heavy (non-hydrogen) atoms. The van der Waals surface area contributed by atoms with Gasteiger partial charge in [-0.2, -0.15) is 0 Å². The summed E-state index contributed by atoms with van der Waals surface area (Å²) in [6.07, 6.45) is 3.14. The molecule has 0 amide bonds. The van der Waals surface area contributed by atoms with Crippen LogP contribution in [0.5, 0.6) is 0 Å². The number of ether oxygens (including phenoxy) is 1. The largest absolute Gasteiger partial charge is 0.430 e. The molecule has 1 aromatic carbocycles. The summed E-state index contributed by atoms with van der Waals surface area (Å²) in [5.74, 6) is -0.397. The Balaban J connectivity index is 1.82. The second kappa shape index (κ2) is 4.37. The fourth-order valence-electron chi connectivity index (χ4n) is 5.40. The first-order valence-electron chi connectivity index (χ1n) is 8.76. The zero-order chi connectivity index (χ0) is 17.6. The van der Waals surface area contributed by atoms with Crippen molar-refractivity contribution in [2.45, 2.75) is 44.9 Å². The van der Waals surface area contributed by atoms with E-state index in [0.29, 0.717) is 35.3 Å². The van der Waals surface area contributed by atoms with Crippen molar-refractivity contribution in [3.63, 3.8) is 0 Å². The van der Waals surface area contributed by atoms with Crippen LogP contribution in [0.15, 0.2) is 46.7 Å². The van der Waals surface area contributed by atoms with Gasteiger partial charge in [-0.25, -0.2) is 0 Å². The van der Waals surface area contributed by atoms with Gasteiger partial charge in [0.05, 0.1) is 5.57 Å². The maximum Gasteiger partial charge on any atom is 0.326 e. The minimum atomic E-state index is -1.19. The quantitative estimate of drug-likeness (QED) is 0.739. The summed E-state index contributed by atoms with van der Waals surface area (Å²) in [6.45, 7) is 3.10. The van der Waals surface area contributed by atoms with Gasteiger partial charge in [-0.15, -0.1) is 0 Å². The highest BCUT2D eigenvalue weighted by atomic mass is 16.5. The van der Waals surface area contributed by atoms with Crippen LogP contribution < -0.4 is 0 Å². The molecule has 1 atom stereocenters. The number of rotatable bonds is 1. The van der Waals surface area contributed by atoms with Crippen molar-refractivity contribution < 1.29 is 19.1 Å². The van der Waals surface area contributed by atoms with Crippen molar-refractivity contribution in [2.75, 3.05) is 0 Å². The van der Waals surface area contributed by atoms with Crippen molar-refractivity contribution in [1.82, 2.24) is 0 Å². The molecule has 1 unspecified atom stereocenters. The van der Waals surface area contributed by atoms with Gasteiger partial charge in [0.2, 0.25) is 0 Å². The third-order valence-corrected chi connectivity index (χ3v) is 6.45. The number of cyclic esters (lactones) is 1. The summed E-state index contributed by atoms with van der Waals surface area (Å²) < 4.78 is 5.38. The number of hydrogen-bond donors (Lipinski definition) is 0. The van der Waals surface area contributed by atoms with E-state index in [2.05, 4.69) is 0 Å². The Morgan fingerprint density at radius 2 is 1.84 bits per heavy atom. The van der Waals surface area contributed by atoms with Crippen LogP contribution in [0.2, 0.25) is 0 Å². The molecule has 0 N–H and O–H groups in total. The fraction of sp³-hybridized carbons (Fsp3) is 0.381. The van der Waals surface area contributed by atoms with E-state index < -0.39 is 11.4 Å². The lowest BCUT2D eigenvalue weighted by Crippen LogP contribution is -2.37. The summed E-state index contributed by atoms with van der Waals surface area (Å²) in [7, 11) is 0. The van der Waals surface area contributed by atoms with Crippen LogP contribution in [0, 0.1) is 5.41 Å². The number of fused-ring (bicyclic) bond motifs is 4. The third-order valence-electron chi connectivity index (χ3n) is 6.45. The van der Waals surface area contributed by atoms with Crippen LogP contribution in [0.3, 0.4) is 0 Å². The van der Waals surface area contributed by atoms with Crippen LogP contribution in [0.1, 0.15) is 55.5 Å². The molecule has 1 saturated carbocycles. The molecule has 0 bridgehead atoms. The van der Waals surface area contributed by atoms with Crippen molar-refractivity contribution in [2.24, 2.45) is 5.41 Å². The van der Waals surface area contributed by atoms with Gasteiger partial charge in [0, 0.05) is 16.6 Å². The number of esters is 1. The lowest BCUT2D eigenvalue weighted by atomic mass is 9.67. The number of carbonyl (C=O) groups is 3. The highest BCUT2D eigenvalue weighted by Crippen LogP contribution is 2.67. The zero-order valence-corrected chi connectivity index (χ0v) is 14.3. The van der Waals surface area contributed by atoms with E-state index in [1.807, 2.05) is 24.3 Å². The van der Waals surface area contributed by atoms with Crippen LogP contribution >= 0.6 is 0 Å². The third kappa shape index (κ3) is 1.52. The standard InChI is InChI=1S/C21H18O4/c1-11(22)16-12(2)25-19(24)21(16)8-7-15-17(21)18(23)13-5-3-4-6-14(13)20(15)9-10-20/h3-6H,7-10H2,1-2H3. The molecule has 1 fully saturated rings. The lowest BCUT2D eigenvalue weighted by Gasteiger charge is -2.31. The second-order valence-electron chi connectivity index (χ2n) is 7.59. The molecule has 4 heteroatoms. The number of Topliss-reactive ketones (excluding diaryl/α,β-unsaturated/α-hetero) is 2. The molecule has 4 nitrogen and oxygen atoms in total. The monoisotopic (exact) mass is 334 g/mol. The fourth-order valence-corrected chi connectivity index (χ4v) is 5.40. The van der Waals surface area contributed by atoms with E-state index >= 15 is 0 Å². The van der Waals surface area contributed by atoms with Crippen LogP contribution in [0.4, 0.5) is 0 Å². The lowest BCUT2D eigenvalue weighted by molar-refractivity contribution is -0.144. The van der Waals surface area contributed by atoms with Gasteiger partial charge in [-0.05, 0) is 45.1 Å². The average Bonchev–Trinajstić information content (AvgIpc) is 3.20. The predicted octanol–water partition coefficient (Wildman–Crippen LogP) is 3.41. The maximum absolute atomic E-state index is 13.4. The van der Waals surface area contributed by atoms with Gasteiger partial charge in [0.15, 0.2) is 11.6 Å². The first-order valence-corrected chi connectivity index (χ1v) is 8.76. The first-order chi connectivity index (χ1) is 11.9. The number of allylic oxidation sites excluding steroid dienone is 2. The van der Waals surface area contributed by atoms with Gasteiger partial charge in [0.25, 0.3) is 0 Å². The van der Waals surface area contributed by atoms with E-state index in [9.17, 15) is 14.4 Å². The normalized spacial score (nSPS) is 28.6. The zero-order valence-electron chi connectivity index (χ0n) is 14.3. The molecule has 5 rings (SSSR count). The Labute approximate surface area is 145 Å². The number of ketones is 2. The Morgan fingerprint density at radius 3 is 2.52 bits per heavy atom. The highest BCUT2D eigenvalue weighted by Gasteiger charge is 2.65. The van der Waals surface area contributed by atoms with E-state index in [0.717, 1.165) is 24.0 Å². The van der Waals surface area contributed by atoms with E-state index in [-0.39, 0.29) is 17.0 Å². The molecule has 0 radical (unpaired) electrons. The second-order valence-corrected chi connectivity index (χ2v) is 7.59. The number of benzene rings is 1. The molecule has 4 aliphatic rings. The van der Waals surface area contributed by atoms with Crippen LogP contribution in [-0.4, -0.2) is 17.5 Å². The van der Waals surface area contributed by atoms with Crippen molar-refractivity contribution >= 4 is 17.5 Å². The van der Waals surface area contributed by atoms with Gasteiger partial charge >= 0.3 is 5.97 Å². The van der Waals surface area contributed by atoms with E-state index in [4.69, 9.17) is 4.74 Å². The molecule has 1 aromatic rings. The predicted molar refractivity (Wildman–Crippen MR) is 89.9 cm³/mol. The smallest absolute Gasteiger partial charge is 0.326 e. The van der Waals surface area contributed by atoms with Crippen LogP contribution in [-0.2, 0) is 19.7 Å². The molecule has 0 aromatic heterocycles. The summed E-state index contributed by atoms with van der Waals surface area (Å²) in [6, 6.07) is 7.71. The topological polar surface area (TPSA) is 60.4 Å². The van der Waals surface area contributed by atoms with E-state index in [1.165, 1.54) is 6.92 Å². The maximum atomic E-state index is 13.4. The number of hydrogen-bond acceptors (Lipinski definition) is 4. The SMILES string of the molecule is CC(=O)C1=C(C)OC(=O)C12CCC1=C2C(=O)c2ccccc2C12CC2. The van der Waals surface area contributed by atoms with Gasteiger partial charge in [0.1, 0.15) is 11.2 Å². The molecule has 1 aliphatic heterocycles. The summed E-state index contributed by atoms with van der Waals surface area (Å²) in [4.78, 5) is 38.6. The summed E-state index contributed by atoms with van der Waals surface area (Å²) >= 11 is 0.